The van der Waals surface area contributed by atoms with Crippen molar-refractivity contribution in [3.8, 4) is 17.0 Å². The Morgan fingerprint density at radius 2 is 2.08 bits per heavy atom. The van der Waals surface area contributed by atoms with Crippen molar-refractivity contribution in [3.63, 3.8) is 0 Å². The summed E-state index contributed by atoms with van der Waals surface area (Å²) >= 11 is 0. The van der Waals surface area contributed by atoms with Crippen LogP contribution in [0.2, 0.25) is 0 Å². The van der Waals surface area contributed by atoms with Gasteiger partial charge in [-0.2, -0.15) is 10.2 Å². The predicted octanol–water partition coefficient (Wildman–Crippen LogP) is 4.26. The van der Waals surface area contributed by atoms with Crippen LogP contribution >= 0.6 is 0 Å². The maximum absolute atomic E-state index is 11.8. The van der Waals surface area contributed by atoms with E-state index in [2.05, 4.69) is 37.7 Å². The normalized spacial score (nSPS) is 13.6. The van der Waals surface area contributed by atoms with Crippen LogP contribution in [0.15, 0.2) is 67.3 Å². The van der Waals surface area contributed by atoms with Crippen LogP contribution in [0.3, 0.4) is 0 Å². The molecule has 1 aromatic carbocycles. The minimum absolute atomic E-state index is 0.133. The molecular weight excluding hydrogens is 482 g/mol. The molecule has 192 valence electrons. The summed E-state index contributed by atoms with van der Waals surface area (Å²) in [6, 6.07) is 13.2. The van der Waals surface area contributed by atoms with E-state index in [0.717, 1.165) is 64.4 Å². The van der Waals surface area contributed by atoms with Crippen LogP contribution in [0.4, 0.5) is 5.82 Å². The Balaban J connectivity index is 1.20. The van der Waals surface area contributed by atoms with E-state index in [1.165, 1.54) is 5.56 Å². The smallest absolute Gasteiger partial charge is 0.305 e. The fourth-order valence-electron chi connectivity index (χ4n) is 4.87. The van der Waals surface area contributed by atoms with Gasteiger partial charge < -0.3 is 15.2 Å². The highest BCUT2D eigenvalue weighted by Gasteiger charge is 2.22. The SMILES string of the molecule is O=C(O)CC(c1cncc(-c2ccn[nH]2)c1)n1ncc2cc(OCCc3ccc4c(n3)NCCC4)ccc21. The van der Waals surface area contributed by atoms with Gasteiger partial charge in [0.05, 0.1) is 36.5 Å². The number of rotatable bonds is 9. The Bertz CT molecular complexity index is 1580. The van der Waals surface area contributed by atoms with Crippen molar-refractivity contribution < 1.29 is 14.6 Å². The predicted molar refractivity (Wildman–Crippen MR) is 142 cm³/mol. The Morgan fingerprint density at radius 3 is 2.95 bits per heavy atom. The zero-order valence-electron chi connectivity index (χ0n) is 20.7. The maximum atomic E-state index is 11.8. The lowest BCUT2D eigenvalue weighted by Crippen LogP contribution is -2.16. The number of hydrogen-bond acceptors (Lipinski definition) is 7. The van der Waals surface area contributed by atoms with E-state index in [-0.39, 0.29) is 6.42 Å². The van der Waals surface area contributed by atoms with Crippen molar-refractivity contribution in [1.82, 2.24) is 29.9 Å². The molecule has 0 aliphatic carbocycles. The van der Waals surface area contributed by atoms with Gasteiger partial charge in [-0.3, -0.25) is 19.6 Å². The lowest BCUT2D eigenvalue weighted by Gasteiger charge is -2.18. The third-order valence-electron chi connectivity index (χ3n) is 6.76. The van der Waals surface area contributed by atoms with Gasteiger partial charge in [0.25, 0.3) is 0 Å². The van der Waals surface area contributed by atoms with Gasteiger partial charge in [0.2, 0.25) is 0 Å². The maximum Gasteiger partial charge on any atom is 0.305 e. The third kappa shape index (κ3) is 4.93. The number of aryl methyl sites for hydroxylation is 1. The number of hydrogen-bond donors (Lipinski definition) is 3. The van der Waals surface area contributed by atoms with Crippen molar-refractivity contribution in [2.45, 2.75) is 31.7 Å². The molecule has 3 N–H and O–H groups in total. The van der Waals surface area contributed by atoms with Crippen molar-refractivity contribution >= 4 is 22.7 Å². The Labute approximate surface area is 218 Å². The van der Waals surface area contributed by atoms with E-state index < -0.39 is 12.0 Å². The second-order valence-electron chi connectivity index (χ2n) is 9.34. The first kappa shape index (κ1) is 23.7. The molecule has 4 aromatic heterocycles. The number of nitrogens with one attached hydrogen (secondary N) is 2. The fourth-order valence-corrected chi connectivity index (χ4v) is 4.87. The number of H-pyrrole nitrogens is 1. The number of ether oxygens (including phenoxy) is 1. The lowest BCUT2D eigenvalue weighted by molar-refractivity contribution is -0.137. The first-order chi connectivity index (χ1) is 18.6. The molecule has 38 heavy (non-hydrogen) atoms. The van der Waals surface area contributed by atoms with Gasteiger partial charge in [0, 0.05) is 48.2 Å². The van der Waals surface area contributed by atoms with E-state index in [0.29, 0.717) is 13.0 Å². The van der Waals surface area contributed by atoms with Crippen LogP contribution in [0, 0.1) is 0 Å². The van der Waals surface area contributed by atoms with E-state index >= 15 is 0 Å². The van der Waals surface area contributed by atoms with Gasteiger partial charge in [0.15, 0.2) is 0 Å². The zero-order chi connectivity index (χ0) is 25.9. The zero-order valence-corrected chi connectivity index (χ0v) is 20.7. The summed E-state index contributed by atoms with van der Waals surface area (Å²) in [5, 5.41) is 25.4. The number of pyridine rings is 2. The number of fused-ring (bicyclic) bond motifs is 2. The van der Waals surface area contributed by atoms with Crippen molar-refractivity contribution in [2.75, 3.05) is 18.5 Å². The van der Waals surface area contributed by atoms with Gasteiger partial charge in [-0.15, -0.1) is 0 Å². The fraction of sp³-hybridized carbons (Fsp3) is 0.250. The summed E-state index contributed by atoms with van der Waals surface area (Å²) in [4.78, 5) is 20.9. The van der Waals surface area contributed by atoms with Crippen molar-refractivity contribution in [3.05, 3.63) is 84.1 Å². The van der Waals surface area contributed by atoms with Crippen LogP contribution in [0.1, 0.15) is 35.7 Å². The number of aromatic nitrogens is 6. The van der Waals surface area contributed by atoms with Crippen LogP contribution in [0.25, 0.3) is 22.2 Å². The van der Waals surface area contributed by atoms with Crippen molar-refractivity contribution in [1.29, 1.82) is 0 Å². The minimum Gasteiger partial charge on any atom is -0.493 e. The number of aromatic amines is 1. The molecule has 10 nitrogen and oxygen atoms in total. The van der Waals surface area contributed by atoms with E-state index in [4.69, 9.17) is 9.72 Å². The number of carboxylic acid groups (broad SMARTS) is 1. The molecule has 1 aliphatic heterocycles. The monoisotopic (exact) mass is 509 g/mol. The molecule has 0 bridgehead atoms. The molecule has 0 radical (unpaired) electrons. The van der Waals surface area contributed by atoms with Crippen LogP contribution in [-0.2, 0) is 17.6 Å². The molecule has 10 heteroatoms. The highest BCUT2D eigenvalue weighted by atomic mass is 16.5. The molecular formula is C28H27N7O3. The Morgan fingerprint density at radius 1 is 1.13 bits per heavy atom. The van der Waals surface area contributed by atoms with E-state index in [1.54, 1.807) is 29.5 Å². The largest absolute Gasteiger partial charge is 0.493 e. The first-order valence-corrected chi connectivity index (χ1v) is 12.6. The summed E-state index contributed by atoms with van der Waals surface area (Å²) < 4.78 is 7.77. The van der Waals surface area contributed by atoms with Gasteiger partial charge in [-0.25, -0.2) is 4.98 Å². The molecule has 1 unspecified atom stereocenters. The average Bonchev–Trinajstić information content (AvgIpc) is 3.62. The van der Waals surface area contributed by atoms with Crippen molar-refractivity contribution in [2.24, 2.45) is 0 Å². The van der Waals surface area contributed by atoms with E-state index in [1.807, 2.05) is 30.3 Å². The summed E-state index contributed by atoms with van der Waals surface area (Å²) in [6.45, 7) is 1.46. The molecule has 1 aliphatic rings. The van der Waals surface area contributed by atoms with E-state index in [9.17, 15) is 9.90 Å². The van der Waals surface area contributed by atoms with Gasteiger partial charge in [-0.05, 0) is 60.4 Å². The molecule has 0 amide bonds. The number of carboxylic acids is 1. The number of aliphatic carboxylic acids is 1. The third-order valence-corrected chi connectivity index (χ3v) is 6.76. The standard InChI is InChI=1S/C28H27N7O3/c36-27(37)14-26(20-12-19(15-29-16-20)24-7-10-31-34-24)35-25-6-5-23(13-21(25)17-32-35)38-11-8-22-4-3-18-2-1-9-30-28(18)33-22/h3-7,10,12-13,15-17,26H,1-2,8-9,11,14H2,(H,30,33)(H,31,34)(H,36,37). The van der Waals surface area contributed by atoms with Gasteiger partial charge in [-0.1, -0.05) is 6.07 Å². The van der Waals surface area contributed by atoms with Crippen LogP contribution in [0.5, 0.6) is 5.75 Å². The Kier molecular flexibility index (Phi) is 6.43. The molecule has 0 saturated heterocycles. The number of benzene rings is 1. The molecule has 5 heterocycles. The summed E-state index contributed by atoms with van der Waals surface area (Å²) in [6.07, 6.45) is 9.58. The summed E-state index contributed by atoms with van der Waals surface area (Å²) in [7, 11) is 0. The molecule has 6 rings (SSSR count). The number of anilines is 1. The highest BCUT2D eigenvalue weighted by Crippen LogP contribution is 2.30. The van der Waals surface area contributed by atoms with Gasteiger partial charge >= 0.3 is 5.97 Å². The van der Waals surface area contributed by atoms with Crippen LogP contribution in [-0.4, -0.2) is 54.2 Å². The number of carbonyl (C=O) groups is 1. The minimum atomic E-state index is -0.920. The first-order valence-electron chi connectivity index (χ1n) is 12.6. The topological polar surface area (TPSA) is 131 Å². The second-order valence-corrected chi connectivity index (χ2v) is 9.34. The van der Waals surface area contributed by atoms with Gasteiger partial charge in [0.1, 0.15) is 11.6 Å². The molecule has 0 saturated carbocycles. The molecule has 0 spiro atoms. The number of nitrogens with zero attached hydrogens (tertiary/aromatic N) is 5. The quantitative estimate of drug-likeness (QED) is 0.269. The molecule has 0 fully saturated rings. The lowest BCUT2D eigenvalue weighted by atomic mass is 10.0. The second kappa shape index (κ2) is 10.3. The van der Waals surface area contributed by atoms with Crippen LogP contribution < -0.4 is 10.1 Å². The molecule has 1 atom stereocenters. The highest BCUT2D eigenvalue weighted by molar-refractivity contribution is 5.81. The molecule has 5 aromatic rings. The summed E-state index contributed by atoms with van der Waals surface area (Å²) in [5.41, 5.74) is 5.46. The average molecular weight is 510 g/mol. The Hall–Kier alpha value is -4.73. The summed E-state index contributed by atoms with van der Waals surface area (Å²) in [5.74, 6) is 0.797.